The van der Waals surface area contributed by atoms with Crippen molar-refractivity contribution in [2.75, 3.05) is 16.0 Å². The van der Waals surface area contributed by atoms with Gasteiger partial charge in [-0.05, 0) is 43.9 Å². The predicted molar refractivity (Wildman–Crippen MR) is 106 cm³/mol. The smallest absolute Gasteiger partial charge is 0.169 e. The van der Waals surface area contributed by atoms with Crippen molar-refractivity contribution >= 4 is 22.6 Å². The van der Waals surface area contributed by atoms with Gasteiger partial charge in [0.1, 0.15) is 0 Å². The first kappa shape index (κ1) is 17.6. The Balaban J connectivity index is 2.06. The number of nitrogens with zero attached hydrogens (tertiary/aromatic N) is 1. The van der Waals surface area contributed by atoms with E-state index in [1.807, 2.05) is 12.3 Å². The molecule has 1 aromatic carbocycles. The Morgan fingerprint density at radius 2 is 2.00 bits per heavy atom. The lowest BCUT2D eigenvalue weighted by Crippen LogP contribution is -2.30. The summed E-state index contributed by atoms with van der Waals surface area (Å²) in [7, 11) is 0. The van der Waals surface area contributed by atoms with Crippen LogP contribution in [0.5, 0.6) is 0 Å². The van der Waals surface area contributed by atoms with Crippen molar-refractivity contribution < 1.29 is 4.39 Å². The van der Waals surface area contributed by atoms with Gasteiger partial charge < -0.3 is 16.0 Å². The number of rotatable bonds is 4. The lowest BCUT2D eigenvalue weighted by molar-refractivity contribution is 0.461. The molecule has 0 spiro atoms. The topological polar surface area (TPSA) is 41.3 Å². The lowest BCUT2D eigenvalue weighted by atomic mass is 9.91. The van der Waals surface area contributed by atoms with E-state index in [0.29, 0.717) is 17.3 Å². The minimum Gasteiger partial charge on any atom is -0.396 e. The van der Waals surface area contributed by atoms with Crippen LogP contribution in [-0.4, -0.2) is 12.1 Å². The number of allylic oxidation sites excluding steroid dienone is 3. The van der Waals surface area contributed by atoms with Crippen LogP contribution in [0.4, 0.5) is 21.5 Å². The number of anilines is 3. The maximum Gasteiger partial charge on any atom is 0.169 e. The second-order valence-electron chi connectivity index (χ2n) is 7.29. The van der Waals surface area contributed by atoms with Crippen LogP contribution in [0.25, 0.3) is 5.57 Å². The van der Waals surface area contributed by atoms with E-state index >= 15 is 0 Å². The number of halogens is 1. The second kappa shape index (κ2) is 6.95. The molecule has 0 radical (unpaired) electrons. The first-order valence-corrected chi connectivity index (χ1v) is 9.14. The normalized spacial score (nSPS) is 18.2. The Morgan fingerprint density at radius 1 is 1.32 bits per heavy atom. The summed E-state index contributed by atoms with van der Waals surface area (Å²) in [5.41, 5.74) is 10.1. The van der Waals surface area contributed by atoms with Gasteiger partial charge in [0.25, 0.3) is 0 Å². The molecule has 0 aromatic heterocycles. The van der Waals surface area contributed by atoms with Gasteiger partial charge in [-0.25, -0.2) is 4.39 Å². The van der Waals surface area contributed by atoms with Gasteiger partial charge in [-0.2, -0.15) is 0 Å². The van der Waals surface area contributed by atoms with Crippen molar-refractivity contribution in [3.05, 3.63) is 48.5 Å². The van der Waals surface area contributed by atoms with Crippen molar-refractivity contribution in [2.24, 2.45) is 0 Å². The van der Waals surface area contributed by atoms with E-state index in [1.165, 1.54) is 19.3 Å². The predicted octanol–water partition coefficient (Wildman–Crippen LogP) is 5.46. The molecule has 1 aromatic rings. The van der Waals surface area contributed by atoms with Crippen LogP contribution < -0.4 is 16.0 Å². The third kappa shape index (κ3) is 3.17. The van der Waals surface area contributed by atoms with Crippen LogP contribution in [0.15, 0.2) is 37.1 Å². The second-order valence-corrected chi connectivity index (χ2v) is 7.29. The summed E-state index contributed by atoms with van der Waals surface area (Å²) < 4.78 is 15.0. The lowest BCUT2D eigenvalue weighted by Gasteiger charge is -2.35. The van der Waals surface area contributed by atoms with Gasteiger partial charge in [0.05, 0.1) is 17.1 Å². The molecule has 25 heavy (non-hydrogen) atoms. The third-order valence-corrected chi connectivity index (χ3v) is 5.23. The molecule has 0 bridgehead atoms. The first-order valence-electron chi connectivity index (χ1n) is 9.14. The zero-order valence-electron chi connectivity index (χ0n) is 15.2. The fraction of sp³-hybridized carbons (Fsp3) is 0.429. The van der Waals surface area contributed by atoms with Crippen LogP contribution in [-0.2, 0) is 0 Å². The molecule has 1 aliphatic heterocycles. The van der Waals surface area contributed by atoms with Crippen LogP contribution in [0.1, 0.15) is 51.5 Å². The van der Waals surface area contributed by atoms with Gasteiger partial charge in [0, 0.05) is 23.8 Å². The summed E-state index contributed by atoms with van der Waals surface area (Å²) >= 11 is 0. The molecule has 0 amide bonds. The van der Waals surface area contributed by atoms with Gasteiger partial charge in [-0.3, -0.25) is 0 Å². The van der Waals surface area contributed by atoms with Gasteiger partial charge in [-0.15, -0.1) is 0 Å². The maximum atomic E-state index is 15.0. The SMILES string of the molecule is C=CC1=CN(C(C)C)c2cc(NC3CCCCC3)c(F)c(N)c2C1=C. The molecule has 1 fully saturated rings. The van der Waals surface area contributed by atoms with Crippen LogP contribution in [0.2, 0.25) is 0 Å². The first-order chi connectivity index (χ1) is 11.9. The molecule has 1 aliphatic carbocycles. The Labute approximate surface area is 150 Å². The molecule has 4 heteroatoms. The molecular formula is C21H28FN3. The van der Waals surface area contributed by atoms with Crippen LogP contribution in [0.3, 0.4) is 0 Å². The van der Waals surface area contributed by atoms with Gasteiger partial charge in [-0.1, -0.05) is 38.5 Å². The number of hydrogen-bond donors (Lipinski definition) is 2. The van der Waals surface area contributed by atoms with Crippen molar-refractivity contribution in [2.45, 2.75) is 58.0 Å². The number of hydrogen-bond acceptors (Lipinski definition) is 3. The van der Waals surface area contributed by atoms with E-state index in [0.717, 1.165) is 29.7 Å². The fourth-order valence-corrected chi connectivity index (χ4v) is 3.80. The molecule has 0 atom stereocenters. The average molecular weight is 341 g/mol. The van der Waals surface area contributed by atoms with E-state index < -0.39 is 0 Å². The van der Waals surface area contributed by atoms with Crippen molar-refractivity contribution in [3.63, 3.8) is 0 Å². The number of nitrogen functional groups attached to an aromatic ring is 1. The molecule has 0 unspecified atom stereocenters. The summed E-state index contributed by atoms with van der Waals surface area (Å²) in [6.07, 6.45) is 9.58. The Bertz CT molecular complexity index is 727. The molecular weight excluding hydrogens is 313 g/mol. The molecule has 134 valence electrons. The zero-order chi connectivity index (χ0) is 18.1. The molecule has 0 saturated heterocycles. The monoisotopic (exact) mass is 341 g/mol. The molecule has 2 aliphatic rings. The minimum absolute atomic E-state index is 0.166. The highest BCUT2D eigenvalue weighted by atomic mass is 19.1. The standard InChI is InChI=1S/C21H28FN3/c1-5-15-12-25(13(2)3)18-11-17(24-16-9-7-6-8-10-16)20(22)21(23)19(18)14(15)4/h5,11-13,16,24H,1,4,6-10,23H2,2-3H3. The fourth-order valence-electron chi connectivity index (χ4n) is 3.80. The van der Waals surface area contributed by atoms with E-state index in [4.69, 9.17) is 5.73 Å². The minimum atomic E-state index is -0.375. The van der Waals surface area contributed by atoms with Gasteiger partial charge >= 0.3 is 0 Å². The number of nitrogens with one attached hydrogen (secondary N) is 1. The highest BCUT2D eigenvalue weighted by Crippen LogP contribution is 2.44. The van der Waals surface area contributed by atoms with Gasteiger partial charge in [0.2, 0.25) is 0 Å². The van der Waals surface area contributed by atoms with Crippen LogP contribution in [0, 0.1) is 5.82 Å². The van der Waals surface area contributed by atoms with E-state index in [1.54, 1.807) is 6.08 Å². The van der Waals surface area contributed by atoms with Crippen molar-refractivity contribution in [1.29, 1.82) is 0 Å². The molecule has 1 heterocycles. The third-order valence-electron chi connectivity index (χ3n) is 5.23. The number of fused-ring (bicyclic) bond motifs is 1. The molecule has 3 N–H and O–H groups in total. The van der Waals surface area contributed by atoms with Crippen LogP contribution >= 0.6 is 0 Å². The Morgan fingerprint density at radius 3 is 2.60 bits per heavy atom. The maximum absolute atomic E-state index is 15.0. The summed E-state index contributed by atoms with van der Waals surface area (Å²) in [5, 5.41) is 3.39. The number of benzene rings is 1. The molecule has 3 nitrogen and oxygen atoms in total. The average Bonchev–Trinajstić information content (AvgIpc) is 2.60. The highest BCUT2D eigenvalue weighted by Gasteiger charge is 2.28. The van der Waals surface area contributed by atoms with Gasteiger partial charge in [0.15, 0.2) is 5.82 Å². The zero-order valence-corrected chi connectivity index (χ0v) is 15.2. The Kier molecular flexibility index (Phi) is 4.89. The van der Waals surface area contributed by atoms with E-state index in [-0.39, 0.29) is 17.5 Å². The van der Waals surface area contributed by atoms with E-state index in [2.05, 4.69) is 37.2 Å². The summed E-state index contributed by atoms with van der Waals surface area (Å²) in [5.74, 6) is -0.375. The molecule has 1 saturated carbocycles. The van der Waals surface area contributed by atoms with Crippen molar-refractivity contribution in [1.82, 2.24) is 0 Å². The van der Waals surface area contributed by atoms with Crippen molar-refractivity contribution in [3.8, 4) is 0 Å². The molecule has 3 rings (SSSR count). The number of nitrogens with two attached hydrogens (primary N) is 1. The summed E-state index contributed by atoms with van der Waals surface area (Å²) in [6, 6.07) is 2.42. The van der Waals surface area contributed by atoms with E-state index in [9.17, 15) is 4.39 Å². The highest BCUT2D eigenvalue weighted by molar-refractivity contribution is 5.97. The quantitative estimate of drug-likeness (QED) is 0.714. The Hall–Kier alpha value is -2.23. The largest absolute Gasteiger partial charge is 0.396 e. The summed E-state index contributed by atoms with van der Waals surface area (Å²) in [6.45, 7) is 12.2. The summed E-state index contributed by atoms with van der Waals surface area (Å²) in [4.78, 5) is 2.11.